The molecular formula is C14H22N4OS. The molecule has 6 heteroatoms. The lowest BCUT2D eigenvalue weighted by atomic mass is 10.3. The smallest absolute Gasteiger partial charge is 0.226 e. The van der Waals surface area contributed by atoms with Crippen molar-refractivity contribution in [1.29, 1.82) is 0 Å². The van der Waals surface area contributed by atoms with Gasteiger partial charge >= 0.3 is 0 Å². The standard InChI is InChI=1S/C14H22N4OS/c1-3-7-16-14-17-12(15-8-4-5-9-19-2)11-6-10-20-13(11)18-14/h6,10H,3-5,7-9H2,1-2H3,(H2,15,16,17,18). The molecule has 2 N–H and O–H groups in total. The van der Waals surface area contributed by atoms with Crippen molar-refractivity contribution in [2.24, 2.45) is 0 Å². The molecule has 0 radical (unpaired) electrons. The van der Waals surface area contributed by atoms with E-state index in [2.05, 4.69) is 39.0 Å². The van der Waals surface area contributed by atoms with Crippen molar-refractivity contribution < 1.29 is 4.74 Å². The SMILES string of the molecule is CCCNc1nc(NCCCCOC)c2ccsc2n1. The zero-order chi connectivity index (χ0) is 14.2. The van der Waals surface area contributed by atoms with Gasteiger partial charge in [-0.1, -0.05) is 6.92 Å². The van der Waals surface area contributed by atoms with Crippen LogP contribution in [0.2, 0.25) is 0 Å². The number of methoxy groups -OCH3 is 1. The minimum absolute atomic E-state index is 0.709. The van der Waals surface area contributed by atoms with Gasteiger partial charge in [-0.15, -0.1) is 11.3 Å². The molecule has 2 heterocycles. The van der Waals surface area contributed by atoms with Crippen LogP contribution in [0.25, 0.3) is 10.2 Å². The highest BCUT2D eigenvalue weighted by Crippen LogP contribution is 2.26. The predicted octanol–water partition coefficient (Wildman–Crippen LogP) is 3.35. The van der Waals surface area contributed by atoms with Crippen molar-refractivity contribution >= 4 is 33.3 Å². The Morgan fingerprint density at radius 1 is 1.20 bits per heavy atom. The van der Waals surface area contributed by atoms with Gasteiger partial charge in [0, 0.05) is 26.8 Å². The molecule has 0 aliphatic carbocycles. The number of ether oxygens (including phenoxy) is 1. The quantitative estimate of drug-likeness (QED) is 0.695. The van der Waals surface area contributed by atoms with Crippen molar-refractivity contribution in [3.8, 4) is 0 Å². The van der Waals surface area contributed by atoms with Gasteiger partial charge in [-0.3, -0.25) is 0 Å². The minimum atomic E-state index is 0.709. The number of unbranched alkanes of at least 4 members (excludes halogenated alkanes) is 1. The molecule has 20 heavy (non-hydrogen) atoms. The fourth-order valence-corrected chi connectivity index (χ4v) is 2.65. The predicted molar refractivity (Wildman–Crippen MR) is 85.8 cm³/mol. The third-order valence-corrected chi connectivity index (χ3v) is 3.73. The highest BCUT2D eigenvalue weighted by molar-refractivity contribution is 7.16. The maximum absolute atomic E-state index is 5.05. The van der Waals surface area contributed by atoms with Gasteiger partial charge in [0.2, 0.25) is 5.95 Å². The second-order valence-electron chi connectivity index (χ2n) is 4.59. The molecule has 0 spiro atoms. The highest BCUT2D eigenvalue weighted by Gasteiger charge is 2.08. The summed E-state index contributed by atoms with van der Waals surface area (Å²) in [5.41, 5.74) is 0. The van der Waals surface area contributed by atoms with E-state index < -0.39 is 0 Å². The molecule has 0 aliphatic heterocycles. The van der Waals surface area contributed by atoms with Crippen LogP contribution in [0.15, 0.2) is 11.4 Å². The minimum Gasteiger partial charge on any atom is -0.385 e. The average molecular weight is 294 g/mol. The van der Waals surface area contributed by atoms with E-state index in [-0.39, 0.29) is 0 Å². The molecule has 2 aromatic heterocycles. The zero-order valence-corrected chi connectivity index (χ0v) is 12.9. The van der Waals surface area contributed by atoms with E-state index in [1.54, 1.807) is 18.4 Å². The number of thiophene rings is 1. The highest BCUT2D eigenvalue weighted by atomic mass is 32.1. The van der Waals surface area contributed by atoms with Gasteiger partial charge in [0.25, 0.3) is 0 Å². The maximum Gasteiger partial charge on any atom is 0.226 e. The van der Waals surface area contributed by atoms with E-state index in [0.29, 0.717) is 5.95 Å². The van der Waals surface area contributed by atoms with Gasteiger partial charge < -0.3 is 15.4 Å². The van der Waals surface area contributed by atoms with Crippen LogP contribution in [0.4, 0.5) is 11.8 Å². The first-order chi connectivity index (χ1) is 9.85. The normalized spacial score (nSPS) is 10.9. The molecular weight excluding hydrogens is 272 g/mol. The molecule has 0 unspecified atom stereocenters. The zero-order valence-electron chi connectivity index (χ0n) is 12.1. The first-order valence-corrected chi connectivity index (χ1v) is 7.95. The number of rotatable bonds is 9. The second kappa shape index (κ2) is 8.01. The summed E-state index contributed by atoms with van der Waals surface area (Å²) in [6, 6.07) is 2.07. The fourth-order valence-electron chi connectivity index (χ4n) is 1.88. The van der Waals surface area contributed by atoms with Crippen molar-refractivity contribution in [1.82, 2.24) is 9.97 Å². The van der Waals surface area contributed by atoms with Crippen LogP contribution in [0.1, 0.15) is 26.2 Å². The molecule has 5 nitrogen and oxygen atoms in total. The summed E-state index contributed by atoms with van der Waals surface area (Å²) in [6.07, 6.45) is 3.19. The first-order valence-electron chi connectivity index (χ1n) is 7.07. The van der Waals surface area contributed by atoms with E-state index in [1.807, 2.05) is 0 Å². The van der Waals surface area contributed by atoms with Gasteiger partial charge in [-0.25, -0.2) is 4.98 Å². The molecule has 2 aromatic rings. The average Bonchev–Trinajstić information content (AvgIpc) is 2.93. The summed E-state index contributed by atoms with van der Waals surface area (Å²) >= 11 is 1.65. The van der Waals surface area contributed by atoms with Crippen molar-refractivity contribution in [3.63, 3.8) is 0 Å². The summed E-state index contributed by atoms with van der Waals surface area (Å²) in [5.74, 6) is 1.63. The van der Waals surface area contributed by atoms with Crippen LogP contribution in [0.3, 0.4) is 0 Å². The van der Waals surface area contributed by atoms with Crippen molar-refractivity contribution in [3.05, 3.63) is 11.4 Å². The number of nitrogens with zero attached hydrogens (tertiary/aromatic N) is 2. The van der Waals surface area contributed by atoms with Gasteiger partial charge in [0.1, 0.15) is 10.6 Å². The second-order valence-corrected chi connectivity index (χ2v) is 5.48. The fraction of sp³-hybridized carbons (Fsp3) is 0.571. The van der Waals surface area contributed by atoms with Crippen LogP contribution < -0.4 is 10.6 Å². The molecule has 0 atom stereocenters. The van der Waals surface area contributed by atoms with E-state index >= 15 is 0 Å². The molecule has 0 saturated heterocycles. The number of hydrogen-bond acceptors (Lipinski definition) is 6. The molecule has 0 amide bonds. The summed E-state index contributed by atoms with van der Waals surface area (Å²) < 4.78 is 5.05. The Bertz CT molecular complexity index is 529. The van der Waals surface area contributed by atoms with E-state index in [9.17, 15) is 0 Å². The van der Waals surface area contributed by atoms with Crippen molar-refractivity contribution in [2.75, 3.05) is 37.4 Å². The third-order valence-electron chi connectivity index (χ3n) is 2.93. The van der Waals surface area contributed by atoms with Gasteiger partial charge in [0.15, 0.2) is 0 Å². The molecule has 0 bridgehead atoms. The lowest BCUT2D eigenvalue weighted by Crippen LogP contribution is -2.09. The van der Waals surface area contributed by atoms with Crippen LogP contribution in [0, 0.1) is 0 Å². The van der Waals surface area contributed by atoms with E-state index in [4.69, 9.17) is 4.74 Å². The van der Waals surface area contributed by atoms with Crippen LogP contribution in [0.5, 0.6) is 0 Å². The number of fused-ring (bicyclic) bond motifs is 1. The lowest BCUT2D eigenvalue weighted by Gasteiger charge is -2.09. The van der Waals surface area contributed by atoms with Gasteiger partial charge in [-0.05, 0) is 30.7 Å². The Hall–Kier alpha value is -1.40. The number of nitrogens with one attached hydrogen (secondary N) is 2. The monoisotopic (exact) mass is 294 g/mol. The molecule has 0 fully saturated rings. The third kappa shape index (κ3) is 4.05. The number of aromatic nitrogens is 2. The lowest BCUT2D eigenvalue weighted by molar-refractivity contribution is 0.194. The molecule has 0 aromatic carbocycles. The number of anilines is 2. The van der Waals surface area contributed by atoms with Crippen LogP contribution >= 0.6 is 11.3 Å². The topological polar surface area (TPSA) is 59.1 Å². The summed E-state index contributed by atoms with van der Waals surface area (Å²) in [6.45, 7) is 4.73. The van der Waals surface area contributed by atoms with Gasteiger partial charge in [-0.2, -0.15) is 4.98 Å². The van der Waals surface area contributed by atoms with Gasteiger partial charge in [0.05, 0.1) is 5.39 Å². The molecule has 0 aliphatic rings. The first kappa shape index (κ1) is 15.0. The van der Waals surface area contributed by atoms with E-state index in [0.717, 1.165) is 55.0 Å². The largest absolute Gasteiger partial charge is 0.385 e. The Morgan fingerprint density at radius 2 is 2.10 bits per heavy atom. The van der Waals surface area contributed by atoms with Crippen LogP contribution in [-0.2, 0) is 4.74 Å². The Kier molecular flexibility index (Phi) is 6.01. The molecule has 0 saturated carbocycles. The Morgan fingerprint density at radius 3 is 2.90 bits per heavy atom. The maximum atomic E-state index is 5.05. The van der Waals surface area contributed by atoms with E-state index in [1.165, 1.54) is 0 Å². The molecule has 2 rings (SSSR count). The summed E-state index contributed by atoms with van der Waals surface area (Å²) in [7, 11) is 1.73. The Labute approximate surface area is 123 Å². The van der Waals surface area contributed by atoms with Crippen molar-refractivity contribution in [2.45, 2.75) is 26.2 Å². The Balaban J connectivity index is 2.03. The molecule has 110 valence electrons. The number of hydrogen-bond donors (Lipinski definition) is 2. The summed E-state index contributed by atoms with van der Waals surface area (Å²) in [4.78, 5) is 10.1. The van der Waals surface area contributed by atoms with Crippen LogP contribution in [-0.4, -0.2) is 36.8 Å². The summed E-state index contributed by atoms with van der Waals surface area (Å²) in [5, 5.41) is 9.82.